The minimum absolute atomic E-state index is 0.0460. The van der Waals surface area contributed by atoms with E-state index in [0.29, 0.717) is 38.3 Å². The lowest BCUT2D eigenvalue weighted by molar-refractivity contribution is -0.129. The van der Waals surface area contributed by atoms with E-state index in [2.05, 4.69) is 15.1 Å². The Kier molecular flexibility index (Phi) is 6.91. The van der Waals surface area contributed by atoms with Crippen LogP contribution >= 0.6 is 0 Å². The van der Waals surface area contributed by atoms with Gasteiger partial charge in [-0.1, -0.05) is 18.2 Å². The maximum absolute atomic E-state index is 12.6. The topological polar surface area (TPSA) is 93.2 Å². The summed E-state index contributed by atoms with van der Waals surface area (Å²) in [6, 6.07) is 12.2. The van der Waals surface area contributed by atoms with Crippen LogP contribution in [0, 0.1) is 6.92 Å². The molecule has 0 aliphatic carbocycles. The van der Waals surface area contributed by atoms with E-state index in [9.17, 15) is 19.5 Å². The van der Waals surface area contributed by atoms with Gasteiger partial charge in [0.05, 0.1) is 17.8 Å². The zero-order chi connectivity index (χ0) is 22.5. The molecule has 1 saturated heterocycles. The van der Waals surface area contributed by atoms with E-state index < -0.39 is 5.97 Å². The van der Waals surface area contributed by atoms with Crippen LogP contribution in [0.5, 0.6) is 0 Å². The number of piperazine rings is 1. The molecule has 0 unspecified atom stereocenters. The number of carbonyl (C=O) groups is 3. The van der Waals surface area contributed by atoms with Crippen molar-refractivity contribution in [1.82, 2.24) is 9.80 Å². The van der Waals surface area contributed by atoms with Crippen LogP contribution in [0.2, 0.25) is 0 Å². The third-order valence-electron chi connectivity index (χ3n) is 5.47. The van der Waals surface area contributed by atoms with Crippen molar-refractivity contribution in [2.75, 3.05) is 57.0 Å². The second kappa shape index (κ2) is 9.61. The van der Waals surface area contributed by atoms with Crippen molar-refractivity contribution in [1.29, 1.82) is 0 Å². The molecule has 8 nitrogen and oxygen atoms in total. The van der Waals surface area contributed by atoms with Gasteiger partial charge in [0.15, 0.2) is 0 Å². The number of hydrogen-bond donors (Lipinski definition) is 2. The maximum atomic E-state index is 12.6. The Morgan fingerprint density at radius 2 is 1.68 bits per heavy atom. The van der Waals surface area contributed by atoms with Gasteiger partial charge in [-0.05, 0) is 36.8 Å². The lowest BCUT2D eigenvalue weighted by Gasteiger charge is -2.36. The van der Waals surface area contributed by atoms with Gasteiger partial charge in [0, 0.05) is 51.5 Å². The summed E-state index contributed by atoms with van der Waals surface area (Å²) in [5.41, 5.74) is 2.42. The van der Waals surface area contributed by atoms with Gasteiger partial charge in [0.1, 0.15) is 0 Å². The number of anilines is 2. The van der Waals surface area contributed by atoms with Crippen LogP contribution in [0.4, 0.5) is 11.4 Å². The van der Waals surface area contributed by atoms with Crippen LogP contribution in [0.25, 0.3) is 0 Å². The molecule has 1 aliphatic rings. The summed E-state index contributed by atoms with van der Waals surface area (Å²) in [4.78, 5) is 42.1. The molecular formula is C23H28N4O4. The SMILES string of the molecule is Cc1ccccc1C(=O)Nc1ccc(N2CCN(CC(=O)N(C)C)CC2)cc1C(=O)O. The second-order valence-electron chi connectivity index (χ2n) is 7.86. The zero-order valence-corrected chi connectivity index (χ0v) is 18.1. The number of nitrogens with one attached hydrogen (secondary N) is 1. The van der Waals surface area contributed by atoms with Crippen molar-refractivity contribution in [2.24, 2.45) is 0 Å². The molecule has 0 bridgehead atoms. The maximum Gasteiger partial charge on any atom is 0.337 e. The zero-order valence-electron chi connectivity index (χ0n) is 18.1. The number of aryl methyl sites for hydroxylation is 1. The van der Waals surface area contributed by atoms with Crippen LogP contribution in [-0.4, -0.2) is 79.5 Å². The van der Waals surface area contributed by atoms with Gasteiger partial charge in [-0.2, -0.15) is 0 Å². The van der Waals surface area contributed by atoms with E-state index in [1.807, 2.05) is 25.1 Å². The average Bonchev–Trinajstić information content (AvgIpc) is 2.74. The number of nitrogens with zero attached hydrogens (tertiary/aromatic N) is 3. The molecule has 1 aliphatic heterocycles. The van der Waals surface area contributed by atoms with Crippen molar-refractivity contribution in [3.05, 3.63) is 59.2 Å². The number of amides is 2. The van der Waals surface area contributed by atoms with Crippen LogP contribution in [0.1, 0.15) is 26.3 Å². The monoisotopic (exact) mass is 424 g/mol. The third-order valence-corrected chi connectivity index (χ3v) is 5.47. The molecular weight excluding hydrogens is 396 g/mol. The van der Waals surface area contributed by atoms with Crippen molar-refractivity contribution in [3.8, 4) is 0 Å². The Hall–Kier alpha value is -3.39. The van der Waals surface area contributed by atoms with Gasteiger partial charge in [-0.25, -0.2) is 4.79 Å². The van der Waals surface area contributed by atoms with E-state index in [1.165, 1.54) is 0 Å². The Labute approximate surface area is 182 Å². The van der Waals surface area contributed by atoms with Crippen molar-refractivity contribution in [3.63, 3.8) is 0 Å². The first-order valence-electron chi connectivity index (χ1n) is 10.2. The third kappa shape index (κ3) is 5.40. The van der Waals surface area contributed by atoms with E-state index in [1.54, 1.807) is 43.3 Å². The number of aromatic carboxylic acids is 1. The van der Waals surface area contributed by atoms with Crippen LogP contribution in [0.3, 0.4) is 0 Å². The highest BCUT2D eigenvalue weighted by Crippen LogP contribution is 2.25. The predicted molar refractivity (Wildman–Crippen MR) is 120 cm³/mol. The molecule has 8 heteroatoms. The van der Waals surface area contributed by atoms with Gasteiger partial charge in [-0.15, -0.1) is 0 Å². The van der Waals surface area contributed by atoms with Crippen LogP contribution < -0.4 is 10.2 Å². The Morgan fingerprint density at radius 1 is 1.00 bits per heavy atom. The molecule has 2 amide bonds. The number of carboxylic acid groups (broad SMARTS) is 1. The second-order valence-corrected chi connectivity index (χ2v) is 7.86. The number of likely N-dealkylation sites (N-methyl/N-ethyl adjacent to an activating group) is 1. The minimum Gasteiger partial charge on any atom is -0.478 e. The fourth-order valence-corrected chi connectivity index (χ4v) is 3.53. The van der Waals surface area contributed by atoms with E-state index in [4.69, 9.17) is 0 Å². The lowest BCUT2D eigenvalue weighted by atomic mass is 10.1. The molecule has 2 aromatic carbocycles. The fourth-order valence-electron chi connectivity index (χ4n) is 3.53. The highest BCUT2D eigenvalue weighted by Gasteiger charge is 2.22. The first-order valence-corrected chi connectivity index (χ1v) is 10.2. The molecule has 2 N–H and O–H groups in total. The summed E-state index contributed by atoms with van der Waals surface area (Å²) in [5.74, 6) is -1.37. The highest BCUT2D eigenvalue weighted by atomic mass is 16.4. The van der Waals surface area contributed by atoms with Gasteiger partial charge < -0.3 is 20.2 Å². The fraction of sp³-hybridized carbons (Fsp3) is 0.348. The first-order chi connectivity index (χ1) is 14.8. The van der Waals surface area contributed by atoms with Crippen LogP contribution in [0.15, 0.2) is 42.5 Å². The molecule has 31 heavy (non-hydrogen) atoms. The number of hydrogen-bond acceptors (Lipinski definition) is 5. The number of carboxylic acids is 1. The van der Waals surface area contributed by atoms with Crippen molar-refractivity contribution in [2.45, 2.75) is 6.92 Å². The molecule has 2 aromatic rings. The normalized spacial score (nSPS) is 14.2. The van der Waals surface area contributed by atoms with Gasteiger partial charge in [0.25, 0.3) is 5.91 Å². The number of carbonyl (C=O) groups excluding carboxylic acids is 2. The van der Waals surface area contributed by atoms with E-state index >= 15 is 0 Å². The molecule has 0 spiro atoms. The Morgan fingerprint density at radius 3 is 2.29 bits per heavy atom. The van der Waals surface area contributed by atoms with E-state index in [0.717, 1.165) is 11.3 Å². The largest absolute Gasteiger partial charge is 0.478 e. The molecule has 0 saturated carbocycles. The summed E-state index contributed by atoms with van der Waals surface area (Å²) in [6.07, 6.45) is 0. The summed E-state index contributed by atoms with van der Waals surface area (Å²) in [5, 5.41) is 12.4. The summed E-state index contributed by atoms with van der Waals surface area (Å²) in [7, 11) is 3.48. The first kappa shape index (κ1) is 22.3. The molecule has 1 heterocycles. The van der Waals surface area contributed by atoms with Gasteiger partial charge in [-0.3, -0.25) is 14.5 Å². The van der Waals surface area contributed by atoms with E-state index in [-0.39, 0.29) is 23.1 Å². The summed E-state index contributed by atoms with van der Waals surface area (Å²) < 4.78 is 0. The Bertz CT molecular complexity index is 981. The molecule has 1 fully saturated rings. The number of rotatable bonds is 6. The molecule has 0 aromatic heterocycles. The Balaban J connectivity index is 1.71. The minimum atomic E-state index is -1.10. The predicted octanol–water partition coefficient (Wildman–Crippen LogP) is 2.16. The summed E-state index contributed by atoms with van der Waals surface area (Å²) >= 11 is 0. The molecule has 0 atom stereocenters. The average molecular weight is 425 g/mol. The van der Waals surface area contributed by atoms with Crippen LogP contribution in [-0.2, 0) is 4.79 Å². The van der Waals surface area contributed by atoms with Gasteiger partial charge >= 0.3 is 5.97 Å². The molecule has 164 valence electrons. The molecule has 0 radical (unpaired) electrons. The molecule has 3 rings (SSSR count). The standard InChI is InChI=1S/C23H28N4O4/c1-16-6-4-5-7-18(16)22(29)24-20-9-8-17(14-19(20)23(30)31)27-12-10-26(11-13-27)15-21(28)25(2)3/h4-9,14H,10-13,15H2,1-3H3,(H,24,29)(H,30,31). The van der Waals surface area contributed by atoms with Crippen molar-refractivity contribution >= 4 is 29.2 Å². The van der Waals surface area contributed by atoms with Gasteiger partial charge in [0.2, 0.25) is 5.91 Å². The lowest BCUT2D eigenvalue weighted by Crippen LogP contribution is -2.49. The smallest absolute Gasteiger partial charge is 0.337 e. The quantitative estimate of drug-likeness (QED) is 0.738. The highest BCUT2D eigenvalue weighted by molar-refractivity contribution is 6.08. The summed E-state index contributed by atoms with van der Waals surface area (Å²) in [6.45, 7) is 5.03. The number of benzene rings is 2. The van der Waals surface area contributed by atoms with Crippen molar-refractivity contribution < 1.29 is 19.5 Å².